The predicted molar refractivity (Wildman–Crippen MR) is 83.9 cm³/mol. The normalized spacial score (nSPS) is 20.4. The molecule has 0 saturated carbocycles. The van der Waals surface area contributed by atoms with Crippen molar-refractivity contribution in [1.29, 1.82) is 0 Å². The van der Waals surface area contributed by atoms with Gasteiger partial charge in [-0.15, -0.1) is 12.4 Å². The average molecular weight is 319 g/mol. The van der Waals surface area contributed by atoms with Gasteiger partial charge in [-0.1, -0.05) is 25.5 Å². The van der Waals surface area contributed by atoms with E-state index < -0.39 is 10.0 Å². The second-order valence-corrected chi connectivity index (χ2v) is 7.05. The third kappa shape index (κ3) is 3.95. The fourth-order valence-electron chi connectivity index (χ4n) is 2.38. The van der Waals surface area contributed by atoms with E-state index in [-0.39, 0.29) is 18.4 Å². The van der Waals surface area contributed by atoms with E-state index in [0.717, 1.165) is 12.8 Å². The maximum atomic E-state index is 12.5. The number of hydrogen-bond donors (Lipinski definition) is 1. The zero-order valence-electron chi connectivity index (χ0n) is 12.0. The highest BCUT2D eigenvalue weighted by Crippen LogP contribution is 2.18. The highest BCUT2D eigenvalue weighted by atomic mass is 35.5. The van der Waals surface area contributed by atoms with Gasteiger partial charge in [-0.3, -0.25) is 0 Å². The second kappa shape index (κ2) is 7.41. The molecule has 0 aromatic heterocycles. The lowest BCUT2D eigenvalue weighted by molar-refractivity contribution is 0.310. The summed E-state index contributed by atoms with van der Waals surface area (Å²) in [7, 11) is -3.33. The van der Waals surface area contributed by atoms with Crippen LogP contribution in [0.1, 0.15) is 25.8 Å². The number of piperazine rings is 1. The number of halogens is 1. The van der Waals surface area contributed by atoms with E-state index in [9.17, 15) is 8.42 Å². The Kier molecular flexibility index (Phi) is 6.45. The lowest BCUT2D eigenvalue weighted by Crippen LogP contribution is -2.51. The Labute approximate surface area is 128 Å². The second-order valence-electron chi connectivity index (χ2n) is 5.11. The summed E-state index contributed by atoms with van der Waals surface area (Å²) in [5.41, 5.74) is 1.19. The van der Waals surface area contributed by atoms with Crippen LogP contribution in [0, 0.1) is 0 Å². The molecule has 1 fully saturated rings. The van der Waals surface area contributed by atoms with Crippen LogP contribution in [0.4, 0.5) is 0 Å². The number of nitrogens with zero attached hydrogens (tertiary/aromatic N) is 1. The van der Waals surface area contributed by atoms with Crippen LogP contribution < -0.4 is 5.32 Å². The lowest BCUT2D eigenvalue weighted by Gasteiger charge is -2.31. The Balaban J connectivity index is 0.00000200. The minimum atomic E-state index is -3.33. The fraction of sp³-hybridized carbons (Fsp3) is 0.571. The van der Waals surface area contributed by atoms with Gasteiger partial charge in [0.05, 0.1) is 4.90 Å². The largest absolute Gasteiger partial charge is 0.312 e. The van der Waals surface area contributed by atoms with Crippen LogP contribution >= 0.6 is 12.4 Å². The van der Waals surface area contributed by atoms with Crippen LogP contribution in [0.5, 0.6) is 0 Å². The van der Waals surface area contributed by atoms with Gasteiger partial charge in [0.1, 0.15) is 0 Å². The summed E-state index contributed by atoms with van der Waals surface area (Å²) >= 11 is 0. The van der Waals surface area contributed by atoms with Gasteiger partial charge < -0.3 is 5.32 Å². The van der Waals surface area contributed by atoms with Crippen LogP contribution in [0.2, 0.25) is 0 Å². The Hall–Kier alpha value is -0.620. The average Bonchev–Trinajstić information content (AvgIpc) is 2.40. The molecule has 114 valence electrons. The van der Waals surface area contributed by atoms with E-state index in [4.69, 9.17) is 0 Å². The Morgan fingerprint density at radius 2 is 1.95 bits per heavy atom. The summed E-state index contributed by atoms with van der Waals surface area (Å²) in [6, 6.07) is 7.51. The van der Waals surface area contributed by atoms with E-state index in [0.29, 0.717) is 24.5 Å². The van der Waals surface area contributed by atoms with Crippen LogP contribution in [0.25, 0.3) is 0 Å². The van der Waals surface area contributed by atoms with Crippen LogP contribution in [-0.4, -0.2) is 38.4 Å². The quantitative estimate of drug-likeness (QED) is 0.924. The molecule has 1 heterocycles. The first-order chi connectivity index (χ1) is 9.04. The van der Waals surface area contributed by atoms with Crippen LogP contribution in [0.3, 0.4) is 0 Å². The first kappa shape index (κ1) is 17.4. The maximum absolute atomic E-state index is 12.5. The minimum absolute atomic E-state index is 0. The van der Waals surface area contributed by atoms with E-state index in [1.807, 2.05) is 19.1 Å². The maximum Gasteiger partial charge on any atom is 0.243 e. The van der Waals surface area contributed by atoms with Crippen molar-refractivity contribution in [3.63, 3.8) is 0 Å². The number of benzene rings is 1. The van der Waals surface area contributed by atoms with Gasteiger partial charge in [0.25, 0.3) is 0 Å². The molecule has 1 atom stereocenters. The Morgan fingerprint density at radius 1 is 1.30 bits per heavy atom. The Bertz CT molecular complexity index is 516. The minimum Gasteiger partial charge on any atom is -0.312 e. The van der Waals surface area contributed by atoms with E-state index in [1.54, 1.807) is 16.4 Å². The standard InChI is InChI=1S/C14H22N2O2S.ClH/c1-3-4-13-5-7-14(8-6-13)19(17,18)16-10-9-15-12(2)11-16;/h5-8,12,15H,3-4,9-11H2,1-2H3;1H/t12-;/m1./s1. The topological polar surface area (TPSA) is 49.4 Å². The van der Waals surface area contributed by atoms with Crippen molar-refractivity contribution in [1.82, 2.24) is 9.62 Å². The molecule has 0 radical (unpaired) electrons. The third-order valence-electron chi connectivity index (χ3n) is 3.43. The summed E-state index contributed by atoms with van der Waals surface area (Å²) in [6.45, 7) is 5.93. The summed E-state index contributed by atoms with van der Waals surface area (Å²) in [5.74, 6) is 0. The van der Waals surface area contributed by atoms with Gasteiger partial charge in [-0.2, -0.15) is 4.31 Å². The van der Waals surface area contributed by atoms with Crippen LogP contribution in [0.15, 0.2) is 29.2 Å². The molecule has 0 unspecified atom stereocenters. The molecule has 1 saturated heterocycles. The summed E-state index contributed by atoms with van der Waals surface area (Å²) in [6.07, 6.45) is 2.06. The zero-order valence-corrected chi connectivity index (χ0v) is 13.6. The van der Waals surface area contributed by atoms with E-state index in [2.05, 4.69) is 12.2 Å². The highest BCUT2D eigenvalue weighted by molar-refractivity contribution is 7.89. The molecule has 0 aliphatic carbocycles. The molecule has 1 aromatic rings. The van der Waals surface area contributed by atoms with Gasteiger partial charge >= 0.3 is 0 Å². The molecule has 2 rings (SSSR count). The molecule has 4 nitrogen and oxygen atoms in total. The molecule has 1 aliphatic heterocycles. The number of rotatable bonds is 4. The smallest absolute Gasteiger partial charge is 0.243 e. The number of nitrogens with one attached hydrogen (secondary N) is 1. The van der Waals surface area contributed by atoms with Gasteiger partial charge in [0.2, 0.25) is 10.0 Å². The van der Waals surface area contributed by atoms with Gasteiger partial charge in [-0.05, 0) is 31.0 Å². The first-order valence-corrected chi connectivity index (χ1v) is 8.30. The molecule has 1 aromatic carbocycles. The molecular weight excluding hydrogens is 296 g/mol. The molecule has 0 amide bonds. The van der Waals surface area contributed by atoms with Crippen molar-refractivity contribution >= 4 is 22.4 Å². The van der Waals surface area contributed by atoms with E-state index >= 15 is 0 Å². The Morgan fingerprint density at radius 3 is 2.50 bits per heavy atom. The van der Waals surface area contributed by atoms with Crippen molar-refractivity contribution in [2.24, 2.45) is 0 Å². The summed E-state index contributed by atoms with van der Waals surface area (Å²) in [5, 5.41) is 3.26. The summed E-state index contributed by atoms with van der Waals surface area (Å²) in [4.78, 5) is 0.404. The SMILES string of the molecule is CCCc1ccc(S(=O)(=O)N2CCN[C@H](C)C2)cc1.Cl. The fourth-order valence-corrected chi connectivity index (χ4v) is 3.91. The number of hydrogen-bond acceptors (Lipinski definition) is 3. The molecule has 0 spiro atoms. The highest BCUT2D eigenvalue weighted by Gasteiger charge is 2.28. The van der Waals surface area contributed by atoms with Crippen molar-refractivity contribution in [3.8, 4) is 0 Å². The van der Waals surface area contributed by atoms with Crippen molar-refractivity contribution < 1.29 is 8.42 Å². The van der Waals surface area contributed by atoms with Crippen molar-refractivity contribution in [2.75, 3.05) is 19.6 Å². The van der Waals surface area contributed by atoms with Gasteiger partial charge in [0, 0.05) is 25.7 Å². The third-order valence-corrected chi connectivity index (χ3v) is 5.31. The lowest BCUT2D eigenvalue weighted by atomic mass is 10.1. The van der Waals surface area contributed by atoms with Crippen molar-refractivity contribution in [2.45, 2.75) is 37.6 Å². The van der Waals surface area contributed by atoms with Gasteiger partial charge in [0.15, 0.2) is 0 Å². The molecule has 6 heteroatoms. The number of aryl methyl sites for hydroxylation is 1. The molecule has 1 aliphatic rings. The summed E-state index contributed by atoms with van der Waals surface area (Å²) < 4.78 is 26.6. The monoisotopic (exact) mass is 318 g/mol. The van der Waals surface area contributed by atoms with Gasteiger partial charge in [-0.25, -0.2) is 8.42 Å². The molecule has 20 heavy (non-hydrogen) atoms. The molecule has 0 bridgehead atoms. The number of sulfonamides is 1. The van der Waals surface area contributed by atoms with Crippen molar-refractivity contribution in [3.05, 3.63) is 29.8 Å². The van der Waals surface area contributed by atoms with Crippen LogP contribution in [-0.2, 0) is 16.4 Å². The zero-order chi connectivity index (χ0) is 13.9. The molecule has 1 N–H and O–H groups in total. The predicted octanol–water partition coefficient (Wildman–Crippen LogP) is 2.04. The van der Waals surface area contributed by atoms with E-state index in [1.165, 1.54) is 5.56 Å². The molecular formula is C14H23ClN2O2S. The first-order valence-electron chi connectivity index (χ1n) is 6.86.